The maximum Gasteiger partial charge on any atom is 0.348 e. The van der Waals surface area contributed by atoms with Gasteiger partial charge in [0.25, 0.3) is 0 Å². The van der Waals surface area contributed by atoms with Crippen LogP contribution in [0.3, 0.4) is 0 Å². The van der Waals surface area contributed by atoms with Crippen molar-refractivity contribution in [3.63, 3.8) is 0 Å². The van der Waals surface area contributed by atoms with Crippen molar-refractivity contribution >= 4 is 29.0 Å². The van der Waals surface area contributed by atoms with Crippen LogP contribution in [0.25, 0.3) is 0 Å². The van der Waals surface area contributed by atoms with Gasteiger partial charge in [0.05, 0.1) is 20.6 Å². The number of methoxy groups -OCH3 is 2. The zero-order valence-corrected chi connectivity index (χ0v) is 9.22. The van der Waals surface area contributed by atoms with Gasteiger partial charge < -0.3 is 15.2 Å². The second kappa shape index (κ2) is 4.79. The SMILES string of the molecule is COC(=O)Cc1c(N)csc1C(=O)OC. The molecule has 1 rings (SSSR count). The highest BCUT2D eigenvalue weighted by molar-refractivity contribution is 7.12. The molecule has 0 saturated carbocycles. The van der Waals surface area contributed by atoms with Gasteiger partial charge in [-0.1, -0.05) is 0 Å². The lowest BCUT2D eigenvalue weighted by Crippen LogP contribution is -2.10. The summed E-state index contributed by atoms with van der Waals surface area (Å²) in [5.74, 6) is -0.930. The Morgan fingerprint density at radius 2 is 2.07 bits per heavy atom. The molecule has 0 radical (unpaired) electrons. The van der Waals surface area contributed by atoms with Gasteiger partial charge in [-0.2, -0.15) is 0 Å². The lowest BCUT2D eigenvalue weighted by molar-refractivity contribution is -0.139. The highest BCUT2D eigenvalue weighted by atomic mass is 32.1. The number of hydrogen-bond donors (Lipinski definition) is 1. The lowest BCUT2D eigenvalue weighted by Gasteiger charge is -2.02. The molecule has 1 heterocycles. The highest BCUT2D eigenvalue weighted by Crippen LogP contribution is 2.26. The summed E-state index contributed by atoms with van der Waals surface area (Å²) in [6.45, 7) is 0. The quantitative estimate of drug-likeness (QED) is 0.777. The number of nitrogens with two attached hydrogens (primary N) is 1. The summed E-state index contributed by atoms with van der Waals surface area (Å²) < 4.78 is 9.07. The molecule has 6 heteroatoms. The molecule has 1 aromatic rings. The van der Waals surface area contributed by atoms with E-state index in [0.717, 1.165) is 11.3 Å². The summed E-state index contributed by atoms with van der Waals surface area (Å²) in [6, 6.07) is 0. The van der Waals surface area contributed by atoms with E-state index >= 15 is 0 Å². The van der Waals surface area contributed by atoms with Gasteiger partial charge >= 0.3 is 11.9 Å². The zero-order chi connectivity index (χ0) is 11.4. The molecule has 0 aromatic carbocycles. The number of carbonyl (C=O) groups excluding carboxylic acids is 2. The second-order valence-corrected chi connectivity index (χ2v) is 3.62. The topological polar surface area (TPSA) is 78.6 Å². The number of nitrogen functional groups attached to an aromatic ring is 1. The lowest BCUT2D eigenvalue weighted by atomic mass is 10.1. The molecule has 0 atom stereocenters. The Kier molecular flexibility index (Phi) is 3.68. The summed E-state index contributed by atoms with van der Waals surface area (Å²) in [6.07, 6.45) is -0.0176. The van der Waals surface area contributed by atoms with Crippen LogP contribution in [0.1, 0.15) is 15.2 Å². The summed E-state index contributed by atoms with van der Waals surface area (Å²) in [5.41, 5.74) is 6.51. The highest BCUT2D eigenvalue weighted by Gasteiger charge is 2.19. The Bertz CT molecular complexity index is 385. The maximum absolute atomic E-state index is 11.3. The first-order chi connectivity index (χ1) is 7.10. The number of ether oxygens (including phenoxy) is 2. The van der Waals surface area contributed by atoms with Crippen LogP contribution in [-0.4, -0.2) is 26.2 Å². The van der Waals surface area contributed by atoms with Crippen LogP contribution in [0.4, 0.5) is 5.69 Å². The molecule has 0 amide bonds. The molecular formula is C9H11NO4S. The fourth-order valence-corrected chi connectivity index (χ4v) is 1.96. The molecule has 15 heavy (non-hydrogen) atoms. The minimum absolute atomic E-state index is 0.0176. The summed E-state index contributed by atoms with van der Waals surface area (Å²) in [5, 5.41) is 1.60. The average Bonchev–Trinajstić information content (AvgIpc) is 2.59. The minimum Gasteiger partial charge on any atom is -0.469 e. The Hall–Kier alpha value is -1.56. The van der Waals surface area contributed by atoms with Crippen molar-refractivity contribution in [1.82, 2.24) is 0 Å². The normalized spacial score (nSPS) is 9.73. The van der Waals surface area contributed by atoms with Crippen molar-refractivity contribution in [2.45, 2.75) is 6.42 Å². The van der Waals surface area contributed by atoms with Crippen molar-refractivity contribution < 1.29 is 19.1 Å². The van der Waals surface area contributed by atoms with Crippen LogP contribution in [-0.2, 0) is 20.7 Å². The van der Waals surface area contributed by atoms with E-state index in [1.54, 1.807) is 5.38 Å². The fraction of sp³-hybridized carbons (Fsp3) is 0.333. The number of esters is 2. The predicted octanol–water partition coefficient (Wildman–Crippen LogP) is 0.832. The number of anilines is 1. The number of rotatable bonds is 3. The Morgan fingerprint density at radius 3 is 2.60 bits per heavy atom. The monoisotopic (exact) mass is 229 g/mol. The summed E-state index contributed by atoms with van der Waals surface area (Å²) in [7, 11) is 2.56. The summed E-state index contributed by atoms with van der Waals surface area (Å²) in [4.78, 5) is 22.7. The van der Waals surface area contributed by atoms with E-state index in [-0.39, 0.29) is 6.42 Å². The molecule has 0 bridgehead atoms. The van der Waals surface area contributed by atoms with E-state index in [2.05, 4.69) is 9.47 Å². The minimum atomic E-state index is -0.490. The first kappa shape index (κ1) is 11.5. The number of hydrogen-bond acceptors (Lipinski definition) is 6. The first-order valence-corrected chi connectivity index (χ1v) is 4.99. The van der Waals surface area contributed by atoms with E-state index in [1.807, 2.05) is 0 Å². The Morgan fingerprint density at radius 1 is 1.40 bits per heavy atom. The molecule has 82 valence electrons. The molecule has 0 saturated heterocycles. The molecule has 0 aliphatic heterocycles. The predicted molar refractivity (Wildman–Crippen MR) is 55.8 cm³/mol. The van der Waals surface area contributed by atoms with Crippen LogP contribution in [0.15, 0.2) is 5.38 Å². The molecule has 0 unspecified atom stereocenters. The molecule has 0 spiro atoms. The van der Waals surface area contributed by atoms with Crippen LogP contribution in [0.5, 0.6) is 0 Å². The molecule has 5 nitrogen and oxygen atoms in total. The van der Waals surface area contributed by atoms with Gasteiger partial charge in [-0.25, -0.2) is 4.79 Å². The third-order valence-corrected chi connectivity index (χ3v) is 2.87. The largest absolute Gasteiger partial charge is 0.469 e. The van der Waals surface area contributed by atoms with Gasteiger partial charge in [-0.3, -0.25) is 4.79 Å². The third-order valence-electron chi connectivity index (χ3n) is 1.85. The van der Waals surface area contributed by atoms with Gasteiger partial charge in [0.1, 0.15) is 4.88 Å². The van der Waals surface area contributed by atoms with E-state index in [0.29, 0.717) is 16.1 Å². The fourth-order valence-electron chi connectivity index (χ4n) is 1.06. The smallest absolute Gasteiger partial charge is 0.348 e. The van der Waals surface area contributed by atoms with Crippen molar-refractivity contribution in [1.29, 1.82) is 0 Å². The van der Waals surface area contributed by atoms with Crippen LogP contribution < -0.4 is 5.73 Å². The Balaban J connectivity index is 2.99. The molecular weight excluding hydrogens is 218 g/mol. The average molecular weight is 229 g/mol. The van der Waals surface area contributed by atoms with Crippen LogP contribution >= 0.6 is 11.3 Å². The van der Waals surface area contributed by atoms with E-state index < -0.39 is 11.9 Å². The number of carbonyl (C=O) groups is 2. The van der Waals surface area contributed by atoms with Gasteiger partial charge in [0.15, 0.2) is 0 Å². The number of thiophene rings is 1. The molecule has 0 fully saturated rings. The van der Waals surface area contributed by atoms with Crippen molar-refractivity contribution in [3.05, 3.63) is 15.8 Å². The van der Waals surface area contributed by atoms with Crippen molar-refractivity contribution in [2.75, 3.05) is 20.0 Å². The van der Waals surface area contributed by atoms with Crippen LogP contribution in [0, 0.1) is 0 Å². The zero-order valence-electron chi connectivity index (χ0n) is 8.40. The second-order valence-electron chi connectivity index (χ2n) is 2.74. The summed E-state index contributed by atoms with van der Waals surface area (Å²) >= 11 is 1.15. The molecule has 1 aromatic heterocycles. The first-order valence-electron chi connectivity index (χ1n) is 4.11. The van der Waals surface area contributed by atoms with E-state index in [4.69, 9.17) is 5.73 Å². The van der Waals surface area contributed by atoms with E-state index in [1.165, 1.54) is 14.2 Å². The molecule has 0 aliphatic carbocycles. The van der Waals surface area contributed by atoms with Gasteiger partial charge in [-0.05, 0) is 0 Å². The van der Waals surface area contributed by atoms with Gasteiger partial charge in [0, 0.05) is 16.6 Å². The Labute approximate surface area is 90.8 Å². The maximum atomic E-state index is 11.3. The van der Waals surface area contributed by atoms with Crippen molar-refractivity contribution in [2.24, 2.45) is 0 Å². The third kappa shape index (κ3) is 2.47. The molecule has 0 aliphatic rings. The standard InChI is InChI=1S/C9H11NO4S/c1-13-7(11)3-5-6(10)4-15-8(5)9(12)14-2/h4H,3,10H2,1-2H3. The van der Waals surface area contributed by atoms with Gasteiger partial charge in [0.2, 0.25) is 0 Å². The van der Waals surface area contributed by atoms with Crippen LogP contribution in [0.2, 0.25) is 0 Å². The van der Waals surface area contributed by atoms with Gasteiger partial charge in [-0.15, -0.1) is 11.3 Å². The van der Waals surface area contributed by atoms with Crippen molar-refractivity contribution in [3.8, 4) is 0 Å². The van der Waals surface area contributed by atoms with E-state index in [9.17, 15) is 9.59 Å². The molecule has 2 N–H and O–H groups in total.